The summed E-state index contributed by atoms with van der Waals surface area (Å²) in [7, 11) is 0. The van der Waals surface area contributed by atoms with Gasteiger partial charge in [0.1, 0.15) is 12.1 Å². The highest BCUT2D eigenvalue weighted by Gasteiger charge is 2.32. The number of hydrogen-bond acceptors (Lipinski definition) is 5. The second-order valence-corrected chi connectivity index (χ2v) is 8.15. The van der Waals surface area contributed by atoms with Gasteiger partial charge in [-0.25, -0.2) is 5.48 Å². The highest BCUT2D eigenvalue weighted by atomic mass is 16.5. The van der Waals surface area contributed by atoms with Gasteiger partial charge in [0, 0.05) is 12.6 Å². The third-order valence-electron chi connectivity index (χ3n) is 5.97. The molecule has 0 saturated heterocycles. The van der Waals surface area contributed by atoms with E-state index < -0.39 is 5.91 Å². The van der Waals surface area contributed by atoms with E-state index in [2.05, 4.69) is 5.32 Å². The molecule has 0 aromatic heterocycles. The third-order valence-corrected chi connectivity index (χ3v) is 5.97. The van der Waals surface area contributed by atoms with Crippen LogP contribution in [-0.2, 0) is 20.9 Å². The van der Waals surface area contributed by atoms with Crippen LogP contribution in [0.2, 0.25) is 0 Å². The van der Waals surface area contributed by atoms with E-state index in [0.717, 1.165) is 49.7 Å². The van der Waals surface area contributed by atoms with Gasteiger partial charge in [-0.3, -0.25) is 14.8 Å². The van der Waals surface area contributed by atoms with Crippen LogP contribution < -0.4 is 10.8 Å². The Balaban J connectivity index is 1.63. The number of esters is 1. The van der Waals surface area contributed by atoms with Gasteiger partial charge in [-0.05, 0) is 61.6 Å². The minimum absolute atomic E-state index is 0.0847. The van der Waals surface area contributed by atoms with E-state index in [1.807, 2.05) is 24.3 Å². The fourth-order valence-electron chi connectivity index (χ4n) is 4.40. The maximum Gasteiger partial charge on any atom is 0.323 e. The fourth-order valence-corrected chi connectivity index (χ4v) is 4.40. The van der Waals surface area contributed by atoms with Crippen LogP contribution in [0.1, 0.15) is 68.9 Å². The van der Waals surface area contributed by atoms with Crippen molar-refractivity contribution in [2.24, 2.45) is 5.92 Å². The van der Waals surface area contributed by atoms with Crippen LogP contribution >= 0.6 is 0 Å². The Hall–Kier alpha value is -2.18. The lowest BCUT2D eigenvalue weighted by Crippen LogP contribution is -2.45. The van der Waals surface area contributed by atoms with E-state index in [0.29, 0.717) is 12.5 Å². The maximum atomic E-state index is 12.9. The summed E-state index contributed by atoms with van der Waals surface area (Å²) in [5.74, 6) is -0.339. The first-order valence-electron chi connectivity index (χ1n) is 10.8. The lowest BCUT2D eigenvalue weighted by atomic mass is 9.83. The minimum atomic E-state index is -0.569. The number of hydrogen-bond donors (Lipinski definition) is 3. The second kappa shape index (κ2) is 11.1. The van der Waals surface area contributed by atoms with Crippen molar-refractivity contribution in [3.63, 3.8) is 0 Å². The molecule has 0 radical (unpaired) electrons. The lowest BCUT2D eigenvalue weighted by molar-refractivity contribution is -0.153. The molecule has 3 rings (SSSR count). The zero-order valence-corrected chi connectivity index (χ0v) is 16.9. The molecule has 29 heavy (non-hydrogen) atoms. The quantitative estimate of drug-likeness (QED) is 0.268. The van der Waals surface area contributed by atoms with Crippen LogP contribution in [0.25, 0.3) is 6.08 Å². The number of carbonyl (C=O) groups is 2. The SMILES string of the molecule is O=C(/C=C/c1cccc(CNC(C(=O)OC2CCCC2)C2CCCCC2)c1)NO. The zero-order chi connectivity index (χ0) is 20.5. The first-order valence-corrected chi connectivity index (χ1v) is 10.8. The van der Waals surface area contributed by atoms with Crippen molar-refractivity contribution in [1.82, 2.24) is 10.8 Å². The fraction of sp³-hybridized carbons (Fsp3) is 0.565. The largest absolute Gasteiger partial charge is 0.461 e. The number of carbonyl (C=O) groups excluding carboxylic acids is 2. The summed E-state index contributed by atoms with van der Waals surface area (Å²) >= 11 is 0. The minimum Gasteiger partial charge on any atom is -0.461 e. The van der Waals surface area contributed by atoms with Gasteiger partial charge in [-0.1, -0.05) is 43.5 Å². The number of rotatable bonds is 8. The van der Waals surface area contributed by atoms with Gasteiger partial charge in [-0.2, -0.15) is 0 Å². The maximum absolute atomic E-state index is 12.9. The van der Waals surface area contributed by atoms with Gasteiger partial charge in [-0.15, -0.1) is 0 Å². The smallest absolute Gasteiger partial charge is 0.323 e. The van der Waals surface area contributed by atoms with E-state index >= 15 is 0 Å². The molecule has 2 saturated carbocycles. The summed E-state index contributed by atoms with van der Waals surface area (Å²) in [5, 5.41) is 12.1. The van der Waals surface area contributed by atoms with Gasteiger partial charge in [0.05, 0.1) is 0 Å². The third kappa shape index (κ3) is 6.68. The van der Waals surface area contributed by atoms with Gasteiger partial charge in [0.15, 0.2) is 0 Å². The predicted octanol–water partition coefficient (Wildman–Crippen LogP) is 3.73. The highest BCUT2D eigenvalue weighted by molar-refractivity contribution is 5.90. The average Bonchev–Trinajstić information content (AvgIpc) is 3.26. The van der Waals surface area contributed by atoms with Gasteiger partial charge in [0.2, 0.25) is 0 Å². The summed E-state index contributed by atoms with van der Waals surface area (Å²) in [6.45, 7) is 0.564. The molecule has 0 bridgehead atoms. The summed E-state index contributed by atoms with van der Waals surface area (Å²) in [6.07, 6.45) is 13.0. The van der Waals surface area contributed by atoms with E-state index in [1.165, 1.54) is 25.3 Å². The first kappa shape index (κ1) is 21.5. The normalized spacial score (nSPS) is 19.3. The Kier molecular flexibility index (Phi) is 8.25. The molecule has 1 aromatic carbocycles. The molecule has 1 unspecified atom stereocenters. The van der Waals surface area contributed by atoms with Gasteiger partial charge < -0.3 is 10.1 Å². The van der Waals surface area contributed by atoms with Crippen molar-refractivity contribution < 1.29 is 19.5 Å². The molecule has 2 aliphatic carbocycles. The average molecular weight is 401 g/mol. The molecule has 0 spiro atoms. The van der Waals surface area contributed by atoms with Crippen LogP contribution in [0, 0.1) is 5.92 Å². The summed E-state index contributed by atoms with van der Waals surface area (Å²) in [4.78, 5) is 24.1. The molecular formula is C23H32N2O4. The molecular weight excluding hydrogens is 368 g/mol. The van der Waals surface area contributed by atoms with E-state index in [-0.39, 0.29) is 18.1 Å². The Morgan fingerprint density at radius 1 is 1.10 bits per heavy atom. The molecule has 3 N–H and O–H groups in total. The first-order chi connectivity index (χ1) is 14.2. The molecule has 0 aliphatic heterocycles. The van der Waals surface area contributed by atoms with Crippen LogP contribution in [0.4, 0.5) is 0 Å². The topological polar surface area (TPSA) is 87.7 Å². The Morgan fingerprint density at radius 3 is 2.55 bits per heavy atom. The zero-order valence-electron chi connectivity index (χ0n) is 16.9. The number of hydroxylamine groups is 1. The number of amides is 1. The van der Waals surface area contributed by atoms with E-state index in [4.69, 9.17) is 9.94 Å². The molecule has 1 aromatic rings. The standard InChI is InChI=1S/C23H32N2O4/c26-21(25-28)14-13-17-7-6-8-18(15-17)16-24-22(19-9-2-1-3-10-19)23(27)29-20-11-4-5-12-20/h6-8,13-15,19-20,22,24,28H,1-5,9-12,16H2,(H,25,26)/b14-13+. The Bertz CT molecular complexity index is 707. The van der Waals surface area contributed by atoms with Crippen molar-refractivity contribution in [3.05, 3.63) is 41.5 Å². The van der Waals surface area contributed by atoms with E-state index in [1.54, 1.807) is 11.6 Å². The highest BCUT2D eigenvalue weighted by Crippen LogP contribution is 2.29. The molecule has 1 atom stereocenters. The van der Waals surface area contributed by atoms with Crippen molar-refractivity contribution in [3.8, 4) is 0 Å². The Morgan fingerprint density at radius 2 is 1.83 bits per heavy atom. The number of ether oxygens (including phenoxy) is 1. The molecule has 2 aliphatic rings. The predicted molar refractivity (Wildman–Crippen MR) is 111 cm³/mol. The van der Waals surface area contributed by atoms with Gasteiger partial charge >= 0.3 is 5.97 Å². The van der Waals surface area contributed by atoms with Crippen molar-refractivity contribution in [1.29, 1.82) is 0 Å². The van der Waals surface area contributed by atoms with E-state index in [9.17, 15) is 9.59 Å². The van der Waals surface area contributed by atoms with Crippen LogP contribution in [-0.4, -0.2) is 29.2 Å². The van der Waals surface area contributed by atoms with Gasteiger partial charge in [0.25, 0.3) is 5.91 Å². The molecule has 2 fully saturated rings. The van der Waals surface area contributed by atoms with Crippen molar-refractivity contribution in [2.45, 2.75) is 76.5 Å². The molecule has 6 nitrogen and oxygen atoms in total. The Labute approximate surface area is 172 Å². The second-order valence-electron chi connectivity index (χ2n) is 8.15. The molecule has 158 valence electrons. The molecule has 1 amide bonds. The lowest BCUT2D eigenvalue weighted by Gasteiger charge is -2.30. The van der Waals surface area contributed by atoms with Crippen molar-refractivity contribution >= 4 is 18.0 Å². The number of benzene rings is 1. The molecule has 0 heterocycles. The summed E-state index contributed by atoms with van der Waals surface area (Å²) in [6, 6.07) is 7.50. The summed E-state index contributed by atoms with van der Waals surface area (Å²) in [5.41, 5.74) is 3.47. The van der Waals surface area contributed by atoms with Crippen LogP contribution in [0.15, 0.2) is 30.3 Å². The van der Waals surface area contributed by atoms with Crippen LogP contribution in [0.3, 0.4) is 0 Å². The van der Waals surface area contributed by atoms with Crippen molar-refractivity contribution in [2.75, 3.05) is 0 Å². The molecule has 6 heteroatoms. The number of nitrogens with one attached hydrogen (secondary N) is 2. The monoisotopic (exact) mass is 400 g/mol. The van der Waals surface area contributed by atoms with Crippen LogP contribution in [0.5, 0.6) is 0 Å². The summed E-state index contributed by atoms with van der Waals surface area (Å²) < 4.78 is 5.84.